The lowest BCUT2D eigenvalue weighted by atomic mass is 10.2. The maximum Gasteiger partial charge on any atom is 0.396 e. The molecule has 0 radical (unpaired) electrons. The minimum atomic E-state index is -0.298. The second-order valence-corrected chi connectivity index (χ2v) is 5.43. The van der Waals surface area contributed by atoms with Crippen molar-refractivity contribution in [1.29, 1.82) is 0 Å². The summed E-state index contributed by atoms with van der Waals surface area (Å²) in [6, 6.07) is 15.4. The van der Waals surface area contributed by atoms with Gasteiger partial charge in [0.2, 0.25) is 0 Å². The molecule has 0 N–H and O–H groups in total. The lowest BCUT2D eigenvalue weighted by Gasteiger charge is -2.07. The van der Waals surface area contributed by atoms with Crippen LogP contribution in [0, 0.1) is 0 Å². The molecule has 0 bridgehead atoms. The summed E-state index contributed by atoms with van der Waals surface area (Å²) >= 11 is 1.09. The van der Waals surface area contributed by atoms with Crippen LogP contribution in [0.3, 0.4) is 0 Å². The van der Waals surface area contributed by atoms with Crippen LogP contribution >= 0.6 is 11.3 Å². The molecule has 0 saturated heterocycles. The summed E-state index contributed by atoms with van der Waals surface area (Å²) in [7, 11) is 0. The molecule has 5 heteroatoms. The lowest BCUT2D eigenvalue weighted by Crippen LogP contribution is -2.06. The topological polar surface area (TPSA) is 48.7 Å². The van der Waals surface area contributed by atoms with E-state index >= 15 is 0 Å². The van der Waals surface area contributed by atoms with Crippen LogP contribution < -0.4 is 9.68 Å². The molecule has 0 atom stereocenters. The predicted molar refractivity (Wildman–Crippen MR) is 82.0 cm³/mol. The monoisotopic (exact) mass is 302 g/mol. The quantitative estimate of drug-likeness (QED) is 0.654. The van der Waals surface area contributed by atoms with Crippen LogP contribution in [0.1, 0.15) is 5.56 Å². The van der Waals surface area contributed by atoms with Gasteiger partial charge in [0, 0.05) is 6.07 Å². The van der Waals surface area contributed by atoms with Gasteiger partial charge in [-0.2, -0.15) is 0 Å². The largest absolute Gasteiger partial charge is 0.491 e. The van der Waals surface area contributed by atoms with Gasteiger partial charge in [0.05, 0.1) is 17.9 Å². The van der Waals surface area contributed by atoms with Crippen molar-refractivity contribution in [2.24, 2.45) is 0 Å². The van der Waals surface area contributed by atoms with Crippen molar-refractivity contribution in [2.75, 3.05) is 13.2 Å². The Hall–Kier alpha value is -2.11. The van der Waals surface area contributed by atoms with Crippen molar-refractivity contribution < 1.29 is 13.9 Å². The number of rotatable bonds is 6. The third-order valence-electron chi connectivity index (χ3n) is 2.91. The molecule has 0 saturated carbocycles. The number of fused-ring (bicyclic) bond motifs is 1. The molecule has 4 nitrogen and oxygen atoms in total. The van der Waals surface area contributed by atoms with Crippen molar-refractivity contribution in [3.8, 4) is 5.75 Å². The van der Waals surface area contributed by atoms with Gasteiger partial charge in [-0.3, -0.25) is 0 Å². The molecule has 0 aliphatic heterocycles. The van der Waals surface area contributed by atoms with Crippen LogP contribution in [-0.2, 0) is 11.3 Å². The minimum absolute atomic E-state index is 0.298. The Morgan fingerprint density at radius 2 is 1.90 bits per heavy atom. The Bertz CT molecular complexity index is 761. The molecule has 0 aliphatic rings. The van der Waals surface area contributed by atoms with E-state index in [0.29, 0.717) is 31.2 Å². The van der Waals surface area contributed by atoms with E-state index in [0.717, 1.165) is 21.6 Å². The standard InChI is InChI=1S/C16H14O4S/c17-16-20-14-10-13(6-7-15(14)21-16)19-9-8-18-11-12-4-2-1-3-5-12/h1-7,10H,8-9,11H2. The molecule has 2 aromatic carbocycles. The van der Waals surface area contributed by atoms with Crippen molar-refractivity contribution >= 4 is 21.6 Å². The molecule has 1 aromatic heterocycles. The highest BCUT2D eigenvalue weighted by atomic mass is 32.1. The van der Waals surface area contributed by atoms with Crippen molar-refractivity contribution in [2.45, 2.75) is 6.61 Å². The maximum absolute atomic E-state index is 11.1. The summed E-state index contributed by atoms with van der Waals surface area (Å²) in [5, 5.41) is 0. The fourth-order valence-corrected chi connectivity index (χ4v) is 2.57. The van der Waals surface area contributed by atoms with Gasteiger partial charge >= 0.3 is 4.94 Å². The fourth-order valence-electron chi connectivity index (χ4n) is 1.93. The molecule has 0 aliphatic carbocycles. The van der Waals surface area contributed by atoms with Crippen LogP contribution in [0.4, 0.5) is 0 Å². The third kappa shape index (κ3) is 3.71. The van der Waals surface area contributed by atoms with Gasteiger partial charge < -0.3 is 13.9 Å². The van der Waals surface area contributed by atoms with Crippen LogP contribution in [-0.4, -0.2) is 13.2 Å². The smallest absolute Gasteiger partial charge is 0.396 e. The van der Waals surface area contributed by atoms with Crippen LogP contribution in [0.2, 0.25) is 0 Å². The highest BCUT2D eigenvalue weighted by Crippen LogP contribution is 2.22. The number of hydrogen-bond acceptors (Lipinski definition) is 5. The highest BCUT2D eigenvalue weighted by Gasteiger charge is 2.03. The summed E-state index contributed by atoms with van der Waals surface area (Å²) in [6.45, 7) is 1.52. The van der Waals surface area contributed by atoms with E-state index in [-0.39, 0.29) is 4.94 Å². The van der Waals surface area contributed by atoms with E-state index in [2.05, 4.69) is 0 Å². The second-order valence-electron chi connectivity index (χ2n) is 4.45. The first kappa shape index (κ1) is 13.9. The Morgan fingerprint density at radius 3 is 2.76 bits per heavy atom. The minimum Gasteiger partial charge on any atom is -0.491 e. The summed E-state index contributed by atoms with van der Waals surface area (Å²) in [6.07, 6.45) is 0. The van der Waals surface area contributed by atoms with Crippen molar-refractivity contribution in [3.05, 3.63) is 63.8 Å². The Labute approximate surface area is 125 Å². The highest BCUT2D eigenvalue weighted by molar-refractivity contribution is 7.16. The zero-order chi connectivity index (χ0) is 14.5. The summed E-state index contributed by atoms with van der Waals surface area (Å²) in [5.41, 5.74) is 1.70. The zero-order valence-corrected chi connectivity index (χ0v) is 12.1. The van der Waals surface area contributed by atoms with E-state index in [9.17, 15) is 4.79 Å². The molecule has 0 unspecified atom stereocenters. The molecule has 3 rings (SSSR count). The molecule has 0 fully saturated rings. The van der Waals surface area contributed by atoms with Gasteiger partial charge in [-0.1, -0.05) is 41.7 Å². The van der Waals surface area contributed by atoms with Gasteiger partial charge in [0.1, 0.15) is 12.4 Å². The third-order valence-corrected chi connectivity index (χ3v) is 3.72. The molecule has 3 aromatic rings. The lowest BCUT2D eigenvalue weighted by molar-refractivity contribution is 0.0889. The predicted octanol–water partition coefficient (Wildman–Crippen LogP) is 3.45. The van der Waals surface area contributed by atoms with Crippen LogP contribution in [0.15, 0.2) is 57.7 Å². The number of ether oxygens (including phenoxy) is 2. The summed E-state index contributed by atoms with van der Waals surface area (Å²) in [5.74, 6) is 0.673. The van der Waals surface area contributed by atoms with Crippen molar-refractivity contribution in [3.63, 3.8) is 0 Å². The van der Waals surface area contributed by atoms with Gasteiger partial charge in [-0.15, -0.1) is 0 Å². The van der Waals surface area contributed by atoms with E-state index in [1.54, 1.807) is 6.07 Å². The second kappa shape index (κ2) is 6.56. The Kier molecular flexibility index (Phi) is 4.33. The average Bonchev–Trinajstić information content (AvgIpc) is 2.87. The van der Waals surface area contributed by atoms with E-state index in [1.807, 2.05) is 42.5 Å². The van der Waals surface area contributed by atoms with Crippen LogP contribution in [0.25, 0.3) is 10.3 Å². The maximum atomic E-state index is 11.1. The zero-order valence-electron chi connectivity index (χ0n) is 11.3. The first-order valence-electron chi connectivity index (χ1n) is 6.59. The molecule has 21 heavy (non-hydrogen) atoms. The fraction of sp³-hybridized carbons (Fsp3) is 0.188. The molecule has 1 heterocycles. The van der Waals surface area contributed by atoms with Crippen molar-refractivity contribution in [1.82, 2.24) is 0 Å². The van der Waals surface area contributed by atoms with Gasteiger partial charge in [-0.25, -0.2) is 4.79 Å². The van der Waals surface area contributed by atoms with Gasteiger partial charge in [0.15, 0.2) is 5.58 Å². The normalized spacial score (nSPS) is 10.9. The van der Waals surface area contributed by atoms with Gasteiger partial charge in [-0.05, 0) is 17.7 Å². The summed E-state index contributed by atoms with van der Waals surface area (Å²) in [4.78, 5) is 10.8. The number of benzene rings is 2. The molecule has 108 valence electrons. The molecule has 0 spiro atoms. The van der Waals surface area contributed by atoms with Gasteiger partial charge in [0.25, 0.3) is 0 Å². The first-order chi connectivity index (χ1) is 10.3. The first-order valence-corrected chi connectivity index (χ1v) is 7.41. The Morgan fingerprint density at radius 1 is 1.05 bits per heavy atom. The van der Waals surface area contributed by atoms with E-state index in [1.165, 1.54) is 0 Å². The molecule has 0 amide bonds. The molecular weight excluding hydrogens is 288 g/mol. The number of hydrogen-bond donors (Lipinski definition) is 0. The van der Waals surface area contributed by atoms with Crippen LogP contribution in [0.5, 0.6) is 5.75 Å². The average molecular weight is 302 g/mol. The van der Waals surface area contributed by atoms with E-state index in [4.69, 9.17) is 13.9 Å². The van der Waals surface area contributed by atoms with E-state index < -0.39 is 0 Å². The summed E-state index contributed by atoms with van der Waals surface area (Å²) < 4.78 is 17.0. The SMILES string of the molecule is O=c1oc2cc(OCCOCc3ccccc3)ccc2s1. The molecular formula is C16H14O4S. The Balaban J connectivity index is 1.47.